The van der Waals surface area contributed by atoms with E-state index in [9.17, 15) is 14.4 Å². The van der Waals surface area contributed by atoms with Gasteiger partial charge in [0.15, 0.2) is 17.2 Å². The second-order valence-corrected chi connectivity index (χ2v) is 9.66. The largest absolute Gasteiger partial charge is 0.495 e. The van der Waals surface area contributed by atoms with Gasteiger partial charge in [0.05, 0.1) is 38.8 Å². The highest BCUT2D eigenvalue weighted by molar-refractivity contribution is 7.09. The number of anilines is 2. The number of rotatable bonds is 11. The molecule has 0 radical (unpaired) electrons. The molecule has 40 heavy (non-hydrogen) atoms. The molecule has 1 saturated heterocycles. The Morgan fingerprint density at radius 3 is 2.45 bits per heavy atom. The molecule has 4 rings (SSSR count). The predicted molar refractivity (Wildman–Crippen MR) is 149 cm³/mol. The van der Waals surface area contributed by atoms with Crippen molar-refractivity contribution in [3.8, 4) is 17.2 Å². The topological polar surface area (TPSA) is 168 Å². The third-order valence-electron chi connectivity index (χ3n) is 6.48. The number of nitrogens with two attached hydrogens (primary N) is 2. The van der Waals surface area contributed by atoms with Gasteiger partial charge in [-0.2, -0.15) is 4.37 Å². The fraction of sp³-hybridized carbons (Fsp3) is 0.333. The molecule has 0 spiro atoms. The van der Waals surface area contributed by atoms with Gasteiger partial charge in [-0.25, -0.2) is 0 Å². The molecule has 2 unspecified atom stereocenters. The van der Waals surface area contributed by atoms with Crippen molar-refractivity contribution < 1.29 is 33.3 Å². The van der Waals surface area contributed by atoms with E-state index in [-0.39, 0.29) is 34.6 Å². The van der Waals surface area contributed by atoms with Crippen molar-refractivity contribution in [2.24, 2.45) is 5.73 Å². The van der Waals surface area contributed by atoms with Crippen molar-refractivity contribution in [2.45, 2.75) is 25.0 Å². The average molecular weight is 570 g/mol. The summed E-state index contributed by atoms with van der Waals surface area (Å²) in [5, 5.41) is 2.93. The first-order valence-corrected chi connectivity index (χ1v) is 13.2. The van der Waals surface area contributed by atoms with Gasteiger partial charge in [-0.3, -0.25) is 19.3 Å². The second kappa shape index (κ2) is 12.7. The molecule has 12 nitrogen and oxygen atoms in total. The first kappa shape index (κ1) is 28.6. The third kappa shape index (κ3) is 5.80. The second-order valence-electron chi connectivity index (χ2n) is 8.88. The van der Waals surface area contributed by atoms with Crippen LogP contribution in [0.15, 0.2) is 42.5 Å². The molecule has 1 fully saturated rings. The van der Waals surface area contributed by atoms with Crippen LogP contribution in [-0.2, 0) is 9.53 Å². The molecule has 5 N–H and O–H groups in total. The monoisotopic (exact) mass is 569 g/mol. The quantitative estimate of drug-likeness (QED) is 0.314. The normalized spacial score (nSPS) is 15.2. The van der Waals surface area contributed by atoms with Crippen LogP contribution in [0.25, 0.3) is 0 Å². The standard InChI is InChI=1S/C27H31N5O7S/c1-36-18-9-5-4-8-17(18)32(27(35)24-21(28)22(25(29)33)31-40-24)23(26(34)30-14-16-7-6-12-39-16)15-10-11-19(37-2)20(13-15)38-3/h4-5,8-11,13,16,23H,6-7,12,14,28H2,1-3H3,(H2,29,33)(H,30,34). The van der Waals surface area contributed by atoms with E-state index in [1.807, 2.05) is 0 Å². The minimum absolute atomic E-state index is 0.0582. The van der Waals surface area contributed by atoms with E-state index in [0.717, 1.165) is 12.8 Å². The van der Waals surface area contributed by atoms with Gasteiger partial charge < -0.3 is 35.7 Å². The van der Waals surface area contributed by atoms with E-state index in [1.165, 1.54) is 26.2 Å². The Morgan fingerprint density at radius 2 is 1.82 bits per heavy atom. The number of benzene rings is 2. The highest BCUT2D eigenvalue weighted by atomic mass is 32.1. The van der Waals surface area contributed by atoms with Crippen molar-refractivity contribution in [1.29, 1.82) is 0 Å². The molecule has 2 heterocycles. The summed E-state index contributed by atoms with van der Waals surface area (Å²) < 4.78 is 26.1. The fourth-order valence-electron chi connectivity index (χ4n) is 4.49. The lowest BCUT2D eigenvalue weighted by Crippen LogP contribution is -2.45. The number of carbonyl (C=O) groups excluding carboxylic acids is 3. The van der Waals surface area contributed by atoms with Gasteiger partial charge in [-0.1, -0.05) is 18.2 Å². The minimum atomic E-state index is -1.23. The molecular formula is C27H31N5O7S. The van der Waals surface area contributed by atoms with Gasteiger partial charge in [-0.05, 0) is 54.2 Å². The Kier molecular flexibility index (Phi) is 9.07. The average Bonchev–Trinajstić information content (AvgIpc) is 3.63. The minimum Gasteiger partial charge on any atom is -0.495 e. The summed E-state index contributed by atoms with van der Waals surface area (Å²) in [5.74, 6) is -0.913. The SMILES string of the molecule is COc1ccc(C(C(=O)NCC2CCCO2)N(C(=O)c2snc(C(N)=O)c2N)c2ccccc2OC)cc1OC. The maximum atomic E-state index is 14.3. The van der Waals surface area contributed by atoms with Gasteiger partial charge in [-0.15, -0.1) is 0 Å². The van der Waals surface area contributed by atoms with Gasteiger partial charge in [0.1, 0.15) is 16.7 Å². The summed E-state index contributed by atoms with van der Waals surface area (Å²) in [6.45, 7) is 0.878. The molecule has 3 aromatic rings. The number of amides is 3. The molecule has 0 aliphatic carbocycles. The maximum Gasteiger partial charge on any atom is 0.273 e. The van der Waals surface area contributed by atoms with Gasteiger partial charge >= 0.3 is 0 Å². The summed E-state index contributed by atoms with van der Waals surface area (Å²) in [6, 6.07) is 10.4. The molecule has 1 aliphatic heterocycles. The number of ether oxygens (including phenoxy) is 4. The van der Waals surface area contributed by atoms with Crippen molar-refractivity contribution in [2.75, 3.05) is 45.1 Å². The van der Waals surface area contributed by atoms with Crippen LogP contribution in [0.4, 0.5) is 11.4 Å². The lowest BCUT2D eigenvalue weighted by Gasteiger charge is -2.32. The lowest BCUT2D eigenvalue weighted by molar-refractivity contribution is -0.123. The van der Waals surface area contributed by atoms with Crippen LogP contribution in [-0.4, -0.2) is 62.7 Å². The van der Waals surface area contributed by atoms with Gasteiger partial charge in [0, 0.05) is 13.2 Å². The molecule has 212 valence electrons. The highest BCUT2D eigenvalue weighted by Gasteiger charge is 2.38. The summed E-state index contributed by atoms with van der Waals surface area (Å²) in [4.78, 5) is 41.3. The summed E-state index contributed by atoms with van der Waals surface area (Å²) in [7, 11) is 4.42. The van der Waals surface area contributed by atoms with Crippen LogP contribution in [0.5, 0.6) is 17.2 Å². The van der Waals surface area contributed by atoms with Crippen molar-refractivity contribution in [3.05, 3.63) is 58.6 Å². The first-order valence-electron chi connectivity index (χ1n) is 12.4. The number of methoxy groups -OCH3 is 3. The number of hydrogen-bond acceptors (Lipinski definition) is 10. The number of primary amides is 1. The van der Waals surface area contributed by atoms with Crippen LogP contribution in [0, 0.1) is 0 Å². The Hall–Kier alpha value is -4.36. The highest BCUT2D eigenvalue weighted by Crippen LogP contribution is 2.40. The third-order valence-corrected chi connectivity index (χ3v) is 7.33. The summed E-state index contributed by atoms with van der Waals surface area (Å²) in [5.41, 5.74) is 11.9. The van der Waals surface area contributed by atoms with E-state index in [2.05, 4.69) is 9.69 Å². The number of nitrogens with zero attached hydrogens (tertiary/aromatic N) is 2. The number of nitrogen functional groups attached to an aromatic ring is 1. The molecule has 0 bridgehead atoms. The zero-order valence-corrected chi connectivity index (χ0v) is 23.2. The van der Waals surface area contributed by atoms with Crippen molar-refractivity contribution >= 4 is 40.6 Å². The first-order chi connectivity index (χ1) is 19.3. The number of nitrogens with one attached hydrogen (secondary N) is 1. The zero-order chi connectivity index (χ0) is 28.8. The predicted octanol–water partition coefficient (Wildman–Crippen LogP) is 2.53. The van der Waals surface area contributed by atoms with E-state index >= 15 is 0 Å². The van der Waals surface area contributed by atoms with Gasteiger partial charge in [0.25, 0.3) is 11.8 Å². The number of aromatic nitrogens is 1. The Labute approximate surface area is 235 Å². The molecular weight excluding hydrogens is 538 g/mol. The summed E-state index contributed by atoms with van der Waals surface area (Å²) >= 11 is 0.717. The Balaban J connectivity index is 1.89. The molecule has 3 amide bonds. The number of hydrogen-bond donors (Lipinski definition) is 3. The molecule has 2 atom stereocenters. The zero-order valence-electron chi connectivity index (χ0n) is 22.3. The fourth-order valence-corrected chi connectivity index (χ4v) is 5.23. The molecule has 2 aromatic carbocycles. The van der Waals surface area contributed by atoms with Crippen LogP contribution in [0.1, 0.15) is 44.6 Å². The van der Waals surface area contributed by atoms with E-state index in [4.69, 9.17) is 30.4 Å². The molecule has 1 aromatic heterocycles. The van der Waals surface area contributed by atoms with Crippen LogP contribution in [0.3, 0.4) is 0 Å². The van der Waals surface area contributed by atoms with E-state index in [0.29, 0.717) is 41.0 Å². The summed E-state index contributed by atoms with van der Waals surface area (Å²) in [6.07, 6.45) is 1.57. The molecule has 1 aliphatic rings. The van der Waals surface area contributed by atoms with Crippen LogP contribution >= 0.6 is 11.5 Å². The Bertz CT molecular complexity index is 1390. The lowest BCUT2D eigenvalue weighted by atomic mass is 10.0. The molecule has 13 heteroatoms. The number of carbonyl (C=O) groups is 3. The molecule has 0 saturated carbocycles. The van der Waals surface area contributed by atoms with Crippen molar-refractivity contribution in [1.82, 2.24) is 9.69 Å². The smallest absolute Gasteiger partial charge is 0.273 e. The van der Waals surface area contributed by atoms with Crippen LogP contribution < -0.4 is 35.9 Å². The number of para-hydroxylation sites is 2. The van der Waals surface area contributed by atoms with Crippen LogP contribution in [0.2, 0.25) is 0 Å². The van der Waals surface area contributed by atoms with Gasteiger partial charge in [0.2, 0.25) is 5.91 Å². The maximum absolute atomic E-state index is 14.3. The van der Waals surface area contributed by atoms with E-state index in [1.54, 1.807) is 42.5 Å². The Morgan fingerprint density at radius 1 is 1.10 bits per heavy atom. The van der Waals surface area contributed by atoms with E-state index < -0.39 is 23.8 Å². The van der Waals surface area contributed by atoms with Crippen molar-refractivity contribution in [3.63, 3.8) is 0 Å².